The fourth-order valence-electron chi connectivity index (χ4n) is 0.819. The average Bonchev–Trinajstić information content (AvgIpc) is 2.16. The van der Waals surface area contributed by atoms with Gasteiger partial charge in [-0.05, 0) is 11.6 Å². The summed E-state index contributed by atoms with van der Waals surface area (Å²) in [4.78, 5) is 10.0. The van der Waals surface area contributed by atoms with Crippen LogP contribution in [0.25, 0.3) is 6.08 Å². The highest BCUT2D eigenvalue weighted by atomic mass is 16.3. The lowest BCUT2D eigenvalue weighted by molar-refractivity contribution is -0.112. The Balaban J connectivity index is 2.63. The van der Waals surface area contributed by atoms with Crippen molar-refractivity contribution in [3.63, 3.8) is 0 Å². The molecule has 0 aliphatic carbocycles. The molecule has 0 saturated carbocycles. The standard InChI is InChI=1S/C10H10O2/c11-8-10(12)7-6-9-4-2-1-3-5-9/h1-8,10,12H/b7-6+. The van der Waals surface area contributed by atoms with Gasteiger partial charge in [0.05, 0.1) is 0 Å². The molecule has 62 valence electrons. The van der Waals surface area contributed by atoms with Crippen LogP contribution in [-0.4, -0.2) is 17.5 Å². The summed E-state index contributed by atoms with van der Waals surface area (Å²) in [5.74, 6) is 0. The Bertz CT molecular complexity index is 264. The number of hydrogen-bond donors (Lipinski definition) is 1. The van der Waals surface area contributed by atoms with E-state index in [9.17, 15) is 4.79 Å². The lowest BCUT2D eigenvalue weighted by Crippen LogP contribution is -2.01. The summed E-state index contributed by atoms with van der Waals surface area (Å²) in [6.45, 7) is 0. The molecule has 0 radical (unpaired) electrons. The van der Waals surface area contributed by atoms with Crippen LogP contribution in [0.1, 0.15) is 5.56 Å². The molecular formula is C10H10O2. The van der Waals surface area contributed by atoms with Gasteiger partial charge in [0.1, 0.15) is 6.10 Å². The van der Waals surface area contributed by atoms with Crippen molar-refractivity contribution in [2.24, 2.45) is 0 Å². The minimum absolute atomic E-state index is 0.486. The van der Waals surface area contributed by atoms with E-state index in [4.69, 9.17) is 5.11 Å². The van der Waals surface area contributed by atoms with E-state index in [2.05, 4.69) is 0 Å². The molecule has 0 aliphatic heterocycles. The van der Waals surface area contributed by atoms with Gasteiger partial charge in [-0.25, -0.2) is 0 Å². The topological polar surface area (TPSA) is 37.3 Å². The van der Waals surface area contributed by atoms with E-state index < -0.39 is 6.10 Å². The van der Waals surface area contributed by atoms with Gasteiger partial charge in [0.2, 0.25) is 0 Å². The first-order valence-electron chi connectivity index (χ1n) is 3.69. The smallest absolute Gasteiger partial charge is 0.152 e. The van der Waals surface area contributed by atoms with Gasteiger partial charge in [-0.15, -0.1) is 0 Å². The number of benzene rings is 1. The first-order valence-corrected chi connectivity index (χ1v) is 3.69. The van der Waals surface area contributed by atoms with Crippen LogP contribution < -0.4 is 0 Å². The van der Waals surface area contributed by atoms with Gasteiger partial charge in [0.15, 0.2) is 6.29 Å². The van der Waals surface area contributed by atoms with Crippen LogP contribution in [0.4, 0.5) is 0 Å². The Morgan fingerprint density at radius 3 is 2.50 bits per heavy atom. The Hall–Kier alpha value is -1.41. The van der Waals surface area contributed by atoms with E-state index in [1.807, 2.05) is 30.3 Å². The predicted octanol–water partition coefficient (Wildman–Crippen LogP) is 1.26. The van der Waals surface area contributed by atoms with Gasteiger partial charge in [-0.3, -0.25) is 0 Å². The van der Waals surface area contributed by atoms with E-state index in [0.29, 0.717) is 6.29 Å². The first kappa shape index (κ1) is 8.68. The zero-order chi connectivity index (χ0) is 8.81. The van der Waals surface area contributed by atoms with E-state index in [1.54, 1.807) is 6.08 Å². The highest BCUT2D eigenvalue weighted by Crippen LogP contribution is 2.01. The Kier molecular flexibility index (Phi) is 3.23. The van der Waals surface area contributed by atoms with E-state index in [0.717, 1.165) is 5.56 Å². The largest absolute Gasteiger partial charge is 0.381 e. The highest BCUT2D eigenvalue weighted by molar-refractivity contribution is 5.63. The second-order valence-corrected chi connectivity index (χ2v) is 2.40. The molecule has 1 rings (SSSR count). The molecule has 0 heterocycles. The molecule has 1 aromatic rings. The average molecular weight is 162 g/mol. The van der Waals surface area contributed by atoms with Crippen LogP contribution in [0.3, 0.4) is 0 Å². The van der Waals surface area contributed by atoms with E-state index >= 15 is 0 Å². The molecule has 0 amide bonds. The molecule has 0 aromatic heterocycles. The Morgan fingerprint density at radius 2 is 1.92 bits per heavy atom. The maximum atomic E-state index is 10.0. The van der Waals surface area contributed by atoms with Gasteiger partial charge < -0.3 is 9.90 Å². The molecule has 0 spiro atoms. The summed E-state index contributed by atoms with van der Waals surface area (Å²) in [5, 5.41) is 8.86. The Morgan fingerprint density at radius 1 is 1.25 bits per heavy atom. The van der Waals surface area contributed by atoms with Gasteiger partial charge >= 0.3 is 0 Å². The van der Waals surface area contributed by atoms with Crippen molar-refractivity contribution in [1.29, 1.82) is 0 Å². The molecule has 1 unspecified atom stereocenters. The molecule has 2 nitrogen and oxygen atoms in total. The van der Waals surface area contributed by atoms with Gasteiger partial charge in [0.25, 0.3) is 0 Å². The predicted molar refractivity (Wildman–Crippen MR) is 47.5 cm³/mol. The number of aldehydes is 1. The number of rotatable bonds is 3. The molecule has 0 bridgehead atoms. The fourth-order valence-corrected chi connectivity index (χ4v) is 0.819. The number of aliphatic hydroxyl groups is 1. The zero-order valence-electron chi connectivity index (χ0n) is 6.55. The third-order valence-electron chi connectivity index (χ3n) is 1.42. The maximum Gasteiger partial charge on any atom is 0.152 e. The number of carbonyl (C=O) groups is 1. The van der Waals surface area contributed by atoms with Crippen molar-refractivity contribution >= 4 is 12.4 Å². The quantitative estimate of drug-likeness (QED) is 0.679. The molecule has 12 heavy (non-hydrogen) atoms. The van der Waals surface area contributed by atoms with Crippen molar-refractivity contribution in [1.82, 2.24) is 0 Å². The van der Waals surface area contributed by atoms with Crippen LogP contribution in [0.15, 0.2) is 36.4 Å². The summed E-state index contributed by atoms with van der Waals surface area (Å²) in [7, 11) is 0. The van der Waals surface area contributed by atoms with Crippen LogP contribution in [0, 0.1) is 0 Å². The van der Waals surface area contributed by atoms with Gasteiger partial charge in [-0.2, -0.15) is 0 Å². The summed E-state index contributed by atoms with van der Waals surface area (Å²) in [6.07, 6.45) is 2.64. The van der Waals surface area contributed by atoms with Gasteiger partial charge in [0, 0.05) is 0 Å². The second-order valence-electron chi connectivity index (χ2n) is 2.40. The first-order chi connectivity index (χ1) is 5.83. The van der Waals surface area contributed by atoms with Crippen LogP contribution in [0.2, 0.25) is 0 Å². The third-order valence-corrected chi connectivity index (χ3v) is 1.42. The highest BCUT2D eigenvalue weighted by Gasteiger charge is 1.91. The van der Waals surface area contributed by atoms with Crippen molar-refractivity contribution in [3.8, 4) is 0 Å². The molecule has 0 aliphatic rings. The minimum Gasteiger partial charge on any atom is -0.381 e. The van der Waals surface area contributed by atoms with Crippen molar-refractivity contribution < 1.29 is 9.90 Å². The third kappa shape index (κ3) is 2.68. The summed E-state index contributed by atoms with van der Waals surface area (Å²) in [5.41, 5.74) is 0.971. The van der Waals surface area contributed by atoms with E-state index in [-0.39, 0.29) is 0 Å². The molecule has 0 fully saturated rings. The lowest BCUT2D eigenvalue weighted by Gasteiger charge is -1.93. The van der Waals surface area contributed by atoms with Crippen molar-refractivity contribution in [2.45, 2.75) is 6.10 Å². The fraction of sp³-hybridized carbons (Fsp3) is 0.100. The molecule has 1 atom stereocenters. The van der Waals surface area contributed by atoms with E-state index in [1.165, 1.54) is 6.08 Å². The number of carbonyl (C=O) groups excluding carboxylic acids is 1. The summed E-state index contributed by atoms with van der Waals surface area (Å²) >= 11 is 0. The summed E-state index contributed by atoms with van der Waals surface area (Å²) in [6, 6.07) is 9.50. The lowest BCUT2D eigenvalue weighted by atomic mass is 10.2. The zero-order valence-corrected chi connectivity index (χ0v) is 6.55. The molecule has 2 heteroatoms. The maximum absolute atomic E-state index is 10.0. The molecule has 1 N–H and O–H groups in total. The van der Waals surface area contributed by atoms with Crippen LogP contribution in [0.5, 0.6) is 0 Å². The molecule has 0 saturated heterocycles. The monoisotopic (exact) mass is 162 g/mol. The molecule has 1 aromatic carbocycles. The normalized spacial score (nSPS) is 13.1. The SMILES string of the molecule is O=CC(O)/C=C/c1ccccc1. The minimum atomic E-state index is -0.995. The van der Waals surface area contributed by atoms with Crippen molar-refractivity contribution in [3.05, 3.63) is 42.0 Å². The Labute approximate surface area is 71.2 Å². The van der Waals surface area contributed by atoms with Crippen molar-refractivity contribution in [2.75, 3.05) is 0 Å². The van der Waals surface area contributed by atoms with Crippen LogP contribution >= 0.6 is 0 Å². The number of hydrogen-bond acceptors (Lipinski definition) is 2. The molecular weight excluding hydrogens is 152 g/mol. The number of aliphatic hydroxyl groups excluding tert-OH is 1. The summed E-state index contributed by atoms with van der Waals surface area (Å²) < 4.78 is 0. The van der Waals surface area contributed by atoms with Gasteiger partial charge in [-0.1, -0.05) is 36.4 Å². The second kappa shape index (κ2) is 4.46. The van der Waals surface area contributed by atoms with Crippen LogP contribution in [-0.2, 0) is 4.79 Å².